The quantitative estimate of drug-likeness (QED) is 0.0170. The number of likely N-dealkylation sites (tertiary alicyclic amines) is 4. The van der Waals surface area contributed by atoms with Gasteiger partial charge in [0.25, 0.3) is 11.8 Å². The summed E-state index contributed by atoms with van der Waals surface area (Å²) in [5, 5.41) is 46.2. The molecule has 4 saturated heterocycles. The van der Waals surface area contributed by atoms with E-state index in [4.69, 9.17) is 55.0 Å². The minimum atomic E-state index is -0.734. The Hall–Kier alpha value is -11.9. The van der Waals surface area contributed by atoms with E-state index in [0.717, 1.165) is 227 Å². The van der Waals surface area contributed by atoms with E-state index >= 15 is 0 Å². The van der Waals surface area contributed by atoms with Crippen molar-refractivity contribution in [2.75, 3.05) is 123 Å². The van der Waals surface area contributed by atoms with Gasteiger partial charge in [-0.3, -0.25) is 9.59 Å². The number of ether oxygens (including phenoxy) is 2. The molecule has 8 aromatic rings. The second-order valence-electron chi connectivity index (χ2n) is 40.9. The fraction of sp³-hybridized carbons (Fsp3) is 0.528. The molecular formula is C106H145ClF4N24O6. The summed E-state index contributed by atoms with van der Waals surface area (Å²) in [5.74, 6) is -0.582. The molecule has 19 N–H and O–H groups in total. The smallest absolute Gasteiger partial charge is 0.407 e. The average Bonchev–Trinajstić information content (AvgIpc) is 0.809. The lowest BCUT2D eigenvalue weighted by atomic mass is 9.89. The zero-order valence-electron chi connectivity index (χ0n) is 83.3. The normalized spacial score (nSPS) is 21.4. The molecule has 0 unspecified atom stereocenters. The summed E-state index contributed by atoms with van der Waals surface area (Å²) >= 11 is 5.88. The standard InChI is InChI=1S/C29H39FN6O2.2C24H33FN6O.C17H22ClFN4O2.C12H18N2/c1-29(2,3)38-28(37)34-25-8-6-5-7-24(25)33-27-23(30)17-21(18-31)26(35-27)32-22-11-9-19(10-12-22)20-13-15-36(4)16-14-20;2*1-31-12-10-16(11-13-31)15-6-8-17(9-7-15)28-23-18(22(27)32)14-19(25)24(30-23)29-21-5-3-2-4-20(21)26;1-17(2,3)25-16(24)22-13-7-5-4-6-12(13)21-15-11(19)8-10(9-20)14(18)23-15;1-14-8-6-11(7-9-14)10-2-4-12(13)5-3-10/h9-12,17,20,24-25H,5-8,13-16H2,1-4H3,(H,34,37)(H2,32,33,35);2*6-9,14,16,20-21H,2-5,10-13,26H2,1H3,(H2,27,32)(H2,28,29,30);8,12-13H,4-7H2,1-3H3,(H,21,23)(H,22,24);2-5,11H,6-9,13H2,1H3/t24-,25+;2*20-,21+;12-,13+;/m1001./s1. The number of nitriles is 2. The molecule has 4 amide bonds. The number of alkyl carbamates (subject to hydrolysis) is 2. The summed E-state index contributed by atoms with van der Waals surface area (Å²) in [6.07, 6.45) is 23.0. The van der Waals surface area contributed by atoms with Crippen LogP contribution in [0.1, 0.15) is 273 Å². The summed E-state index contributed by atoms with van der Waals surface area (Å²) in [6, 6.07) is 40.1. The molecule has 0 radical (unpaired) electrons. The van der Waals surface area contributed by atoms with E-state index in [9.17, 15) is 42.0 Å². The number of nitrogens with one attached hydrogen (secondary N) is 9. The SMILES string of the molecule is CC(C)(C)OC(=O)N[C@H]1CCCC[C@H]1Nc1nc(Cl)c(C#N)cc1F.CN1CCC(c2ccc(N)cc2)CC1.CN1CCC(c2ccc(Nc3nc(N[C@@H]4CCCC[C@@H]4N)c(F)cc3C(N)=O)cc2)CC1.CN1CCC(c2ccc(Nc3nc(N[C@@H]4CCCC[C@@H]4N)c(F)cc3C(N)=O)cc2)CC1.CN1CCC(c2ccc(Nc3nc(N[C@@H]4CCCC[C@@H]4NC(=O)OC(C)(C)C)c(F)cc3C#N)cc2)CC1. The largest absolute Gasteiger partial charge is 0.444 e. The van der Waals surface area contributed by atoms with Gasteiger partial charge in [-0.2, -0.15) is 10.5 Å². The number of hydrogen-bond acceptors (Lipinski definition) is 26. The molecule has 16 rings (SSSR count). The van der Waals surface area contributed by atoms with Crippen molar-refractivity contribution in [3.8, 4) is 12.1 Å². The lowest BCUT2D eigenvalue weighted by Gasteiger charge is -2.33. The highest BCUT2D eigenvalue weighted by molar-refractivity contribution is 6.30. The number of hydrogen-bond donors (Lipinski definition) is 14. The molecule has 8 atom stereocenters. The third kappa shape index (κ3) is 32.6. The zero-order valence-corrected chi connectivity index (χ0v) is 84.1. The van der Waals surface area contributed by atoms with Gasteiger partial charge in [0.15, 0.2) is 52.4 Å². The topological polar surface area (TPSA) is 437 Å². The van der Waals surface area contributed by atoms with Crippen LogP contribution in [0.3, 0.4) is 0 Å². The summed E-state index contributed by atoms with van der Waals surface area (Å²) in [6.45, 7) is 19.9. The van der Waals surface area contributed by atoms with Gasteiger partial charge in [-0.1, -0.05) is 111 Å². The number of nitrogens with two attached hydrogens (primary N) is 5. The van der Waals surface area contributed by atoms with Gasteiger partial charge in [-0.15, -0.1) is 0 Å². The number of pyridine rings is 4. The Labute approximate surface area is 833 Å². The number of nitrogens with zero attached hydrogens (tertiary/aromatic N) is 10. The monoisotopic (exact) mass is 1960 g/mol. The molecule has 4 aromatic carbocycles. The Balaban J connectivity index is 0.000000162. The van der Waals surface area contributed by atoms with Gasteiger partial charge in [0, 0.05) is 59.0 Å². The van der Waals surface area contributed by atoms with Crippen LogP contribution in [0.15, 0.2) is 121 Å². The first kappa shape index (κ1) is 108. The lowest BCUT2D eigenvalue weighted by molar-refractivity contribution is 0.0477. The zero-order chi connectivity index (χ0) is 101. The van der Waals surface area contributed by atoms with Gasteiger partial charge >= 0.3 is 12.2 Å². The molecule has 4 aliphatic heterocycles. The number of rotatable bonds is 22. The minimum Gasteiger partial charge on any atom is -0.444 e. The minimum absolute atomic E-state index is 0.0142. The number of halogens is 5. The van der Waals surface area contributed by atoms with E-state index in [1.807, 2.05) is 75.4 Å². The van der Waals surface area contributed by atoms with Crippen LogP contribution < -0.4 is 76.5 Å². The molecule has 4 saturated carbocycles. The molecule has 0 bridgehead atoms. The Morgan fingerprint density at radius 3 is 0.936 bits per heavy atom. The molecule has 141 heavy (non-hydrogen) atoms. The van der Waals surface area contributed by atoms with E-state index in [1.165, 1.54) is 54.3 Å². The maximum Gasteiger partial charge on any atom is 0.407 e. The van der Waals surface area contributed by atoms with E-state index in [2.05, 4.69) is 164 Å². The molecular weight excluding hydrogens is 1820 g/mol. The summed E-state index contributed by atoms with van der Waals surface area (Å²) in [7, 11) is 8.65. The Bertz CT molecular complexity index is 5370. The molecule has 30 nitrogen and oxygen atoms in total. The lowest BCUT2D eigenvalue weighted by Crippen LogP contribution is -2.50. The molecule has 35 heteroatoms. The first-order valence-electron chi connectivity index (χ1n) is 50.0. The number of carbonyl (C=O) groups excluding carboxylic acids is 4. The number of nitrogen functional groups attached to an aromatic ring is 1. The van der Waals surface area contributed by atoms with Crippen molar-refractivity contribution >= 4 is 99.1 Å². The van der Waals surface area contributed by atoms with Crippen LogP contribution in [0.2, 0.25) is 5.15 Å². The van der Waals surface area contributed by atoms with E-state index < -0.39 is 58.5 Å². The van der Waals surface area contributed by atoms with Gasteiger partial charge in [-0.05, 0) is 344 Å². The number of piperidine rings is 4. The van der Waals surface area contributed by atoms with Gasteiger partial charge in [-0.25, -0.2) is 47.1 Å². The Morgan fingerprint density at radius 2 is 0.631 bits per heavy atom. The number of carbonyl (C=O) groups is 4. The molecule has 8 aliphatic rings. The average molecular weight is 1960 g/mol. The second-order valence-corrected chi connectivity index (χ2v) is 41.3. The van der Waals surface area contributed by atoms with Crippen molar-refractivity contribution in [1.29, 1.82) is 10.5 Å². The van der Waals surface area contributed by atoms with Crippen LogP contribution in [0, 0.1) is 45.9 Å². The molecule has 760 valence electrons. The number of aromatic nitrogens is 4. The fourth-order valence-corrected chi connectivity index (χ4v) is 19.7. The van der Waals surface area contributed by atoms with E-state index in [1.54, 1.807) is 26.8 Å². The molecule has 4 aromatic heterocycles. The first-order chi connectivity index (χ1) is 67.4. The fourth-order valence-electron chi connectivity index (χ4n) is 19.5. The molecule has 8 heterocycles. The van der Waals surface area contributed by atoms with Gasteiger partial charge in [0.1, 0.15) is 40.1 Å². The van der Waals surface area contributed by atoms with Crippen molar-refractivity contribution in [1.82, 2.24) is 50.2 Å². The van der Waals surface area contributed by atoms with E-state index in [-0.39, 0.29) is 116 Å². The van der Waals surface area contributed by atoms with Crippen LogP contribution in [0.25, 0.3) is 0 Å². The third-order valence-electron chi connectivity index (χ3n) is 27.7. The van der Waals surface area contributed by atoms with Crippen LogP contribution in [-0.4, -0.2) is 204 Å². The summed E-state index contributed by atoms with van der Waals surface area (Å²) in [4.78, 5) is 74.9. The van der Waals surface area contributed by atoms with Crippen LogP contribution >= 0.6 is 11.6 Å². The Morgan fingerprint density at radius 1 is 0.369 bits per heavy atom. The maximum atomic E-state index is 15.0. The Kier molecular flexibility index (Phi) is 39.2. The van der Waals surface area contributed by atoms with Gasteiger partial charge in [0.2, 0.25) is 0 Å². The summed E-state index contributed by atoms with van der Waals surface area (Å²) < 4.78 is 69.2. The van der Waals surface area contributed by atoms with Crippen molar-refractivity contribution < 1.29 is 46.2 Å². The number of primary amides is 2. The van der Waals surface area contributed by atoms with Crippen molar-refractivity contribution in [2.45, 2.75) is 279 Å². The van der Waals surface area contributed by atoms with Crippen molar-refractivity contribution in [3.05, 3.63) is 194 Å². The third-order valence-corrected chi connectivity index (χ3v) is 28.0. The van der Waals surface area contributed by atoms with Crippen LogP contribution in [0.4, 0.5) is 90.6 Å². The maximum absolute atomic E-state index is 15.0. The van der Waals surface area contributed by atoms with Crippen molar-refractivity contribution in [2.24, 2.45) is 22.9 Å². The molecule has 4 aliphatic carbocycles. The van der Waals surface area contributed by atoms with Gasteiger partial charge < -0.3 is 106 Å². The van der Waals surface area contributed by atoms with E-state index in [0.29, 0.717) is 17.8 Å². The molecule has 8 fully saturated rings. The first-order valence-corrected chi connectivity index (χ1v) is 50.4. The number of benzene rings is 4. The highest BCUT2D eigenvalue weighted by Crippen LogP contribution is 2.38. The number of anilines is 11. The van der Waals surface area contributed by atoms with Crippen molar-refractivity contribution in [3.63, 3.8) is 0 Å². The van der Waals surface area contributed by atoms with Crippen LogP contribution in [-0.2, 0) is 9.47 Å². The van der Waals surface area contributed by atoms with Gasteiger partial charge in [0.05, 0.1) is 34.3 Å². The molecule has 0 spiro atoms. The number of amides is 4. The summed E-state index contributed by atoms with van der Waals surface area (Å²) in [5.41, 5.74) is 36.5. The predicted molar refractivity (Wildman–Crippen MR) is 552 cm³/mol. The second kappa shape index (κ2) is 51.2. The predicted octanol–water partition coefficient (Wildman–Crippen LogP) is 19.1. The van der Waals surface area contributed by atoms with Crippen LogP contribution in [0.5, 0.6) is 0 Å². The highest BCUT2D eigenvalue weighted by Gasteiger charge is 2.35. The highest BCUT2D eigenvalue weighted by atomic mass is 35.5.